The minimum absolute atomic E-state index is 0.0321. The van der Waals surface area contributed by atoms with Gasteiger partial charge in [-0.25, -0.2) is 13.4 Å². The van der Waals surface area contributed by atoms with Gasteiger partial charge in [0.2, 0.25) is 5.95 Å². The molecule has 2 atom stereocenters. The van der Waals surface area contributed by atoms with Gasteiger partial charge in [-0.1, -0.05) is 6.07 Å². The maximum atomic E-state index is 13.2. The van der Waals surface area contributed by atoms with Gasteiger partial charge in [-0.15, -0.1) is 0 Å². The Morgan fingerprint density at radius 2 is 2.03 bits per heavy atom. The van der Waals surface area contributed by atoms with Crippen molar-refractivity contribution in [1.29, 1.82) is 0 Å². The Kier molecular flexibility index (Phi) is 5.10. The van der Waals surface area contributed by atoms with Crippen molar-refractivity contribution in [2.75, 3.05) is 5.32 Å². The van der Waals surface area contributed by atoms with E-state index in [4.69, 9.17) is 0 Å². The van der Waals surface area contributed by atoms with Gasteiger partial charge in [-0.05, 0) is 84.5 Å². The third-order valence-electron chi connectivity index (χ3n) is 6.54. The molecule has 32 heavy (non-hydrogen) atoms. The maximum absolute atomic E-state index is 13.2. The van der Waals surface area contributed by atoms with E-state index in [9.17, 15) is 18.3 Å². The summed E-state index contributed by atoms with van der Waals surface area (Å²) < 4.78 is 26.0. The van der Waals surface area contributed by atoms with Crippen molar-refractivity contribution in [2.24, 2.45) is 0 Å². The first-order valence-corrected chi connectivity index (χ1v) is 13.3. The molecule has 0 bridgehead atoms. The predicted molar refractivity (Wildman–Crippen MR) is 131 cm³/mol. The SMILES string of the molecule is Cc1c(I)c(=O)n([C@@H]2CCC[C@@]2(C)O)c2nc(Nc3ccc4c(c3)CS(=O)(=O)C4)ncc12. The molecule has 1 aliphatic heterocycles. The van der Waals surface area contributed by atoms with Gasteiger partial charge < -0.3 is 10.4 Å². The number of hydrogen-bond donors (Lipinski definition) is 2. The van der Waals surface area contributed by atoms with E-state index < -0.39 is 15.4 Å². The number of nitrogens with one attached hydrogen (secondary N) is 1. The van der Waals surface area contributed by atoms with Crippen LogP contribution in [0.3, 0.4) is 0 Å². The molecule has 3 heterocycles. The molecule has 1 fully saturated rings. The van der Waals surface area contributed by atoms with Crippen molar-refractivity contribution in [2.45, 2.75) is 56.3 Å². The number of halogens is 1. The minimum Gasteiger partial charge on any atom is -0.388 e. The van der Waals surface area contributed by atoms with Crippen LogP contribution in [0.4, 0.5) is 11.6 Å². The third-order valence-corrected chi connectivity index (χ3v) is 9.31. The van der Waals surface area contributed by atoms with Crippen molar-refractivity contribution in [3.8, 4) is 0 Å². The fourth-order valence-corrected chi connectivity index (χ4v) is 6.97. The standard InChI is InChI=1S/C22H23IN4O4S/c1-12-16-9-24-21(25-15-6-5-13-10-32(30,31)11-14(13)8-15)26-19(16)27(20(28)18(12)23)17-4-3-7-22(17,2)29/h5-6,8-9,17,29H,3-4,7,10-11H2,1-2H3,(H,24,25,26)/t17-,22-/m1/s1. The highest BCUT2D eigenvalue weighted by Crippen LogP contribution is 2.40. The molecular formula is C22H23IN4O4S. The van der Waals surface area contributed by atoms with E-state index in [0.29, 0.717) is 33.7 Å². The summed E-state index contributed by atoms with van der Waals surface area (Å²) in [5, 5.41) is 14.8. The number of hydrogen-bond acceptors (Lipinski definition) is 7. The highest BCUT2D eigenvalue weighted by molar-refractivity contribution is 14.1. The van der Waals surface area contributed by atoms with Crippen molar-refractivity contribution in [3.63, 3.8) is 0 Å². The van der Waals surface area contributed by atoms with Gasteiger partial charge in [0, 0.05) is 17.3 Å². The molecular weight excluding hydrogens is 543 g/mol. The van der Waals surface area contributed by atoms with Gasteiger partial charge in [0.25, 0.3) is 5.56 Å². The first-order valence-electron chi connectivity index (χ1n) is 10.4. The van der Waals surface area contributed by atoms with Gasteiger partial charge in [0.15, 0.2) is 9.84 Å². The second-order valence-electron chi connectivity index (χ2n) is 8.95. The average Bonchev–Trinajstić information content (AvgIpc) is 3.22. The van der Waals surface area contributed by atoms with Crippen LogP contribution in [0.1, 0.15) is 48.9 Å². The zero-order valence-corrected chi connectivity index (χ0v) is 20.7. The normalized spacial score (nSPS) is 24.1. The molecule has 0 unspecified atom stereocenters. The first-order chi connectivity index (χ1) is 15.1. The summed E-state index contributed by atoms with van der Waals surface area (Å²) in [4.78, 5) is 22.4. The average molecular weight is 566 g/mol. The summed E-state index contributed by atoms with van der Waals surface area (Å²) in [6.45, 7) is 3.65. The Morgan fingerprint density at radius 3 is 2.75 bits per heavy atom. The number of aryl methyl sites for hydroxylation is 1. The number of aliphatic hydroxyl groups is 1. The van der Waals surface area contributed by atoms with Crippen LogP contribution in [-0.2, 0) is 21.3 Å². The maximum Gasteiger partial charge on any atom is 0.266 e. The van der Waals surface area contributed by atoms with Crippen molar-refractivity contribution in [1.82, 2.24) is 14.5 Å². The van der Waals surface area contributed by atoms with E-state index in [1.165, 1.54) is 0 Å². The summed E-state index contributed by atoms with van der Waals surface area (Å²) in [5.74, 6) is 0.412. The molecule has 168 valence electrons. The molecule has 10 heteroatoms. The second kappa shape index (κ2) is 7.49. The van der Waals surface area contributed by atoms with E-state index in [0.717, 1.165) is 28.5 Å². The van der Waals surface area contributed by atoms with Gasteiger partial charge >= 0.3 is 0 Å². The van der Waals surface area contributed by atoms with E-state index in [1.54, 1.807) is 29.8 Å². The topological polar surface area (TPSA) is 114 Å². The molecule has 5 rings (SSSR count). The molecule has 2 aromatic heterocycles. The van der Waals surface area contributed by atoms with Gasteiger partial charge in [-0.2, -0.15) is 4.98 Å². The van der Waals surface area contributed by atoms with E-state index in [2.05, 4.69) is 37.9 Å². The molecule has 0 spiro atoms. The summed E-state index contributed by atoms with van der Waals surface area (Å²) >= 11 is 2.05. The number of aromatic nitrogens is 3. The van der Waals surface area contributed by atoms with Crippen molar-refractivity contribution in [3.05, 3.63) is 55.0 Å². The number of anilines is 2. The Morgan fingerprint density at radius 1 is 1.28 bits per heavy atom. The van der Waals surface area contributed by atoms with E-state index >= 15 is 0 Å². The molecule has 0 radical (unpaired) electrons. The number of pyridine rings is 1. The Bertz CT molecular complexity index is 1430. The lowest BCUT2D eigenvalue weighted by atomic mass is 9.99. The van der Waals surface area contributed by atoms with E-state index in [-0.39, 0.29) is 23.1 Å². The fraction of sp³-hybridized carbons (Fsp3) is 0.409. The van der Waals surface area contributed by atoms with Crippen LogP contribution >= 0.6 is 22.6 Å². The second-order valence-corrected chi connectivity index (χ2v) is 12.1. The molecule has 1 aliphatic carbocycles. The Balaban J connectivity index is 1.61. The van der Waals surface area contributed by atoms with Crippen molar-refractivity contribution < 1.29 is 13.5 Å². The zero-order chi connectivity index (χ0) is 22.8. The fourth-order valence-electron chi connectivity index (χ4n) is 4.82. The molecule has 1 saturated carbocycles. The number of sulfone groups is 1. The molecule has 8 nitrogen and oxygen atoms in total. The van der Waals surface area contributed by atoms with Crippen LogP contribution in [-0.4, -0.2) is 33.7 Å². The predicted octanol–water partition coefficient (Wildman–Crippen LogP) is 3.35. The lowest BCUT2D eigenvalue weighted by Gasteiger charge is -2.29. The molecule has 2 N–H and O–H groups in total. The van der Waals surface area contributed by atoms with Crippen LogP contribution in [0.2, 0.25) is 0 Å². The highest BCUT2D eigenvalue weighted by Gasteiger charge is 2.40. The monoisotopic (exact) mass is 566 g/mol. The number of rotatable bonds is 3. The van der Waals surface area contributed by atoms with Crippen LogP contribution < -0.4 is 10.9 Å². The van der Waals surface area contributed by atoms with E-state index in [1.807, 2.05) is 13.0 Å². The molecule has 2 aliphatic rings. The van der Waals surface area contributed by atoms with Gasteiger partial charge in [0.05, 0.1) is 26.7 Å². The molecule has 0 saturated heterocycles. The van der Waals surface area contributed by atoms with Gasteiger partial charge in [0.1, 0.15) is 5.65 Å². The molecule has 1 aromatic carbocycles. The number of benzene rings is 1. The lowest BCUT2D eigenvalue weighted by molar-refractivity contribution is 0.0266. The van der Waals surface area contributed by atoms with Gasteiger partial charge in [-0.3, -0.25) is 9.36 Å². The Labute approximate surface area is 199 Å². The Hall–Kier alpha value is -2.05. The summed E-state index contributed by atoms with van der Waals surface area (Å²) in [7, 11) is -3.09. The lowest BCUT2D eigenvalue weighted by Crippen LogP contribution is -2.38. The van der Waals surface area contributed by atoms with Crippen LogP contribution in [0.15, 0.2) is 29.2 Å². The quantitative estimate of drug-likeness (QED) is 0.468. The smallest absolute Gasteiger partial charge is 0.266 e. The summed E-state index contributed by atoms with van der Waals surface area (Å²) in [6, 6.07) is 5.06. The van der Waals surface area contributed by atoms with Crippen LogP contribution in [0.25, 0.3) is 11.0 Å². The largest absolute Gasteiger partial charge is 0.388 e. The number of fused-ring (bicyclic) bond motifs is 2. The zero-order valence-electron chi connectivity index (χ0n) is 17.7. The molecule has 0 amide bonds. The summed E-state index contributed by atoms with van der Waals surface area (Å²) in [5.41, 5.74) is 2.44. The van der Waals surface area contributed by atoms with Crippen molar-refractivity contribution >= 4 is 55.1 Å². The third kappa shape index (κ3) is 3.61. The summed E-state index contributed by atoms with van der Waals surface area (Å²) in [6.07, 6.45) is 3.86. The first kappa shape index (κ1) is 21.8. The highest BCUT2D eigenvalue weighted by atomic mass is 127. The number of nitrogens with zero attached hydrogens (tertiary/aromatic N) is 3. The molecule has 3 aromatic rings. The minimum atomic E-state index is -3.09. The van der Waals surface area contributed by atoms with Crippen LogP contribution in [0.5, 0.6) is 0 Å². The van der Waals surface area contributed by atoms with Crippen LogP contribution in [0, 0.1) is 10.5 Å².